The molecule has 0 bridgehead atoms. The fourth-order valence-corrected chi connectivity index (χ4v) is 3.63. The normalized spacial score (nSPS) is 16.8. The summed E-state index contributed by atoms with van der Waals surface area (Å²) in [5.41, 5.74) is 14.7. The van der Waals surface area contributed by atoms with E-state index < -0.39 is 0 Å². The lowest BCUT2D eigenvalue weighted by Crippen LogP contribution is -2.34. The van der Waals surface area contributed by atoms with E-state index in [1.54, 1.807) is 5.12 Å². The Labute approximate surface area is 171 Å². The first-order chi connectivity index (χ1) is 14.1. The molecule has 152 valence electrons. The second-order valence-corrected chi connectivity index (χ2v) is 7.66. The van der Waals surface area contributed by atoms with Crippen LogP contribution in [-0.4, -0.2) is 33.7 Å². The number of aromatic nitrogens is 2. The molecular formula is C22H28N6O. The number of nitrogens with zero attached hydrogens (tertiary/aromatic N) is 4. The third-order valence-electron chi connectivity index (χ3n) is 4.95. The number of imidazole rings is 1. The third-order valence-corrected chi connectivity index (χ3v) is 4.95. The average molecular weight is 393 g/mol. The predicted octanol–water partition coefficient (Wildman–Crippen LogP) is 3.53. The van der Waals surface area contributed by atoms with Crippen molar-refractivity contribution >= 4 is 22.7 Å². The van der Waals surface area contributed by atoms with E-state index in [1.807, 2.05) is 31.2 Å². The second kappa shape index (κ2) is 8.23. The first-order valence-corrected chi connectivity index (χ1v) is 10.1. The Morgan fingerprint density at radius 3 is 2.69 bits per heavy atom. The van der Waals surface area contributed by atoms with E-state index in [2.05, 4.69) is 53.1 Å². The van der Waals surface area contributed by atoms with Gasteiger partial charge in [-0.25, -0.2) is 15.5 Å². The molecule has 1 aliphatic heterocycles. The Bertz CT molecular complexity index is 1010. The standard InChI is InChI=1S/C22H28N6O/c1-4-29-14-28-25-20(16-8-6-5-7-9-16)21(26-28)17-10-11-18-19(12-17)27(13-15(2)3)22(23)24-18/h5-12,15,20,25H,4,13-14H2,1-3H3,(H2,23,24). The molecule has 2 aromatic carbocycles. The SMILES string of the molecule is CCOCN1N=C(c2ccc3nc(N)n(CC(C)C)c3c2)C(c2ccccc2)N1. The van der Waals surface area contributed by atoms with E-state index in [4.69, 9.17) is 15.6 Å². The number of nitrogen functional groups attached to an aromatic ring is 1. The molecule has 0 spiro atoms. The Balaban J connectivity index is 1.75. The van der Waals surface area contributed by atoms with E-state index >= 15 is 0 Å². The molecule has 1 aliphatic rings. The van der Waals surface area contributed by atoms with Gasteiger partial charge in [-0.05, 0) is 30.5 Å². The largest absolute Gasteiger partial charge is 0.369 e. The van der Waals surface area contributed by atoms with Crippen LogP contribution in [0.3, 0.4) is 0 Å². The van der Waals surface area contributed by atoms with Crippen molar-refractivity contribution in [2.45, 2.75) is 33.4 Å². The van der Waals surface area contributed by atoms with E-state index in [9.17, 15) is 0 Å². The summed E-state index contributed by atoms with van der Waals surface area (Å²) in [6.07, 6.45) is 0. The van der Waals surface area contributed by atoms with Gasteiger partial charge >= 0.3 is 0 Å². The van der Waals surface area contributed by atoms with E-state index in [0.717, 1.165) is 34.4 Å². The molecule has 1 aromatic heterocycles. The van der Waals surface area contributed by atoms with Gasteiger partial charge in [0.15, 0.2) is 6.73 Å². The molecule has 0 saturated carbocycles. The maximum absolute atomic E-state index is 6.18. The quantitative estimate of drug-likeness (QED) is 0.643. The van der Waals surface area contributed by atoms with Gasteiger partial charge in [-0.1, -0.05) is 50.2 Å². The number of fused-ring (bicyclic) bond motifs is 1. The molecule has 2 heterocycles. The van der Waals surface area contributed by atoms with Crippen LogP contribution in [-0.2, 0) is 11.3 Å². The van der Waals surface area contributed by atoms with Gasteiger partial charge in [-0.3, -0.25) is 0 Å². The molecule has 1 unspecified atom stereocenters. The van der Waals surface area contributed by atoms with Gasteiger partial charge in [0.1, 0.15) is 0 Å². The Morgan fingerprint density at radius 1 is 1.17 bits per heavy atom. The molecule has 0 aliphatic carbocycles. The van der Waals surface area contributed by atoms with Crippen molar-refractivity contribution in [2.75, 3.05) is 19.1 Å². The van der Waals surface area contributed by atoms with Crippen LogP contribution < -0.4 is 11.2 Å². The minimum absolute atomic E-state index is 0.0482. The number of hydrogen-bond acceptors (Lipinski definition) is 6. The summed E-state index contributed by atoms with van der Waals surface area (Å²) in [5.74, 6) is 1.03. The average Bonchev–Trinajstić information content (AvgIpc) is 3.28. The number of ether oxygens (including phenoxy) is 1. The molecule has 29 heavy (non-hydrogen) atoms. The second-order valence-electron chi connectivity index (χ2n) is 7.66. The molecule has 7 heteroatoms. The lowest BCUT2D eigenvalue weighted by molar-refractivity contribution is 0.0107. The molecule has 0 amide bonds. The number of benzene rings is 2. The summed E-state index contributed by atoms with van der Waals surface area (Å²) < 4.78 is 7.63. The van der Waals surface area contributed by atoms with Crippen molar-refractivity contribution < 1.29 is 4.74 Å². The molecule has 7 nitrogen and oxygen atoms in total. The van der Waals surface area contributed by atoms with Crippen LogP contribution in [0.2, 0.25) is 0 Å². The minimum Gasteiger partial charge on any atom is -0.369 e. The Morgan fingerprint density at radius 2 is 1.97 bits per heavy atom. The highest BCUT2D eigenvalue weighted by Crippen LogP contribution is 2.28. The number of anilines is 1. The van der Waals surface area contributed by atoms with Crippen molar-refractivity contribution in [1.29, 1.82) is 0 Å². The van der Waals surface area contributed by atoms with Crippen LogP contribution in [0.5, 0.6) is 0 Å². The highest BCUT2D eigenvalue weighted by molar-refractivity contribution is 6.07. The lowest BCUT2D eigenvalue weighted by Gasteiger charge is -2.18. The van der Waals surface area contributed by atoms with E-state index in [1.165, 1.54) is 0 Å². The maximum Gasteiger partial charge on any atom is 0.201 e. The number of nitrogens with two attached hydrogens (primary N) is 1. The first-order valence-electron chi connectivity index (χ1n) is 10.1. The van der Waals surface area contributed by atoms with E-state index in [-0.39, 0.29) is 6.04 Å². The van der Waals surface area contributed by atoms with Gasteiger partial charge in [0.2, 0.25) is 5.95 Å². The number of nitrogens with one attached hydrogen (secondary N) is 1. The molecule has 3 aromatic rings. The molecule has 1 atom stereocenters. The lowest BCUT2D eigenvalue weighted by atomic mass is 9.97. The van der Waals surface area contributed by atoms with Crippen LogP contribution in [0.4, 0.5) is 5.95 Å². The van der Waals surface area contributed by atoms with Gasteiger partial charge in [-0.15, -0.1) is 0 Å². The topological polar surface area (TPSA) is 80.7 Å². The predicted molar refractivity (Wildman–Crippen MR) is 116 cm³/mol. The highest BCUT2D eigenvalue weighted by Gasteiger charge is 2.29. The zero-order valence-corrected chi connectivity index (χ0v) is 17.2. The summed E-state index contributed by atoms with van der Waals surface area (Å²) >= 11 is 0. The van der Waals surface area contributed by atoms with Crippen molar-refractivity contribution in [1.82, 2.24) is 20.1 Å². The van der Waals surface area contributed by atoms with Gasteiger partial charge in [0, 0.05) is 18.7 Å². The van der Waals surface area contributed by atoms with Crippen molar-refractivity contribution in [3.63, 3.8) is 0 Å². The monoisotopic (exact) mass is 392 g/mol. The molecule has 0 radical (unpaired) electrons. The Kier molecular flexibility index (Phi) is 5.51. The Hall–Kier alpha value is -2.90. The molecular weight excluding hydrogens is 364 g/mol. The number of hydrazine groups is 1. The van der Waals surface area contributed by atoms with Gasteiger partial charge in [0.25, 0.3) is 0 Å². The summed E-state index contributed by atoms with van der Waals surface area (Å²) in [5, 5.41) is 6.58. The summed E-state index contributed by atoms with van der Waals surface area (Å²) in [7, 11) is 0. The molecule has 3 N–H and O–H groups in total. The van der Waals surface area contributed by atoms with Crippen LogP contribution in [0.1, 0.15) is 37.9 Å². The first kappa shape index (κ1) is 19.4. The van der Waals surface area contributed by atoms with Crippen LogP contribution in [0.15, 0.2) is 53.6 Å². The van der Waals surface area contributed by atoms with Crippen molar-refractivity contribution in [3.8, 4) is 0 Å². The van der Waals surface area contributed by atoms with Gasteiger partial charge in [-0.2, -0.15) is 5.10 Å². The molecule has 0 fully saturated rings. The number of hydrazone groups is 1. The van der Waals surface area contributed by atoms with Crippen LogP contribution in [0, 0.1) is 5.92 Å². The van der Waals surface area contributed by atoms with Crippen molar-refractivity contribution in [2.24, 2.45) is 11.0 Å². The van der Waals surface area contributed by atoms with Crippen molar-refractivity contribution in [3.05, 3.63) is 59.7 Å². The minimum atomic E-state index is -0.0482. The van der Waals surface area contributed by atoms with Crippen LogP contribution in [0.25, 0.3) is 11.0 Å². The molecule has 0 saturated heterocycles. The van der Waals surface area contributed by atoms with E-state index in [0.29, 0.717) is 25.2 Å². The molecule has 4 rings (SSSR count). The smallest absolute Gasteiger partial charge is 0.201 e. The number of rotatable bonds is 7. The van der Waals surface area contributed by atoms with Gasteiger partial charge in [0.05, 0.1) is 22.8 Å². The fraction of sp³-hybridized carbons (Fsp3) is 0.364. The maximum atomic E-state index is 6.18. The third kappa shape index (κ3) is 3.97. The van der Waals surface area contributed by atoms with Gasteiger partial charge < -0.3 is 15.0 Å². The summed E-state index contributed by atoms with van der Waals surface area (Å²) in [6, 6.07) is 16.5. The highest BCUT2D eigenvalue weighted by atomic mass is 16.5. The number of hydrogen-bond donors (Lipinski definition) is 2. The van der Waals surface area contributed by atoms with Crippen LogP contribution >= 0.6 is 0 Å². The zero-order valence-electron chi connectivity index (χ0n) is 17.2. The summed E-state index contributed by atoms with van der Waals surface area (Å²) in [6.45, 7) is 8.19. The fourth-order valence-electron chi connectivity index (χ4n) is 3.63. The zero-order chi connectivity index (χ0) is 20.4. The summed E-state index contributed by atoms with van der Waals surface area (Å²) in [4.78, 5) is 4.52.